The molecule has 7 rings (SSSR count). The van der Waals surface area contributed by atoms with E-state index in [0.717, 1.165) is 48.2 Å². The first kappa shape index (κ1) is 31.3. The zero-order chi connectivity index (χ0) is 33.2. The van der Waals surface area contributed by atoms with Gasteiger partial charge in [-0.3, -0.25) is 14.6 Å². The molecule has 1 unspecified atom stereocenters. The van der Waals surface area contributed by atoms with Crippen LogP contribution < -0.4 is 20.3 Å². The highest BCUT2D eigenvalue weighted by Gasteiger charge is 2.33. The zero-order valence-corrected chi connectivity index (χ0v) is 26.8. The van der Waals surface area contributed by atoms with Gasteiger partial charge in [-0.1, -0.05) is 0 Å². The minimum atomic E-state index is -0.453. The van der Waals surface area contributed by atoms with E-state index in [-0.39, 0.29) is 29.5 Å². The van der Waals surface area contributed by atoms with E-state index in [0.29, 0.717) is 49.0 Å². The summed E-state index contributed by atoms with van der Waals surface area (Å²) < 4.78 is 18.9. The van der Waals surface area contributed by atoms with Crippen molar-refractivity contribution in [3.63, 3.8) is 0 Å². The molecular formula is C35H37N7O6. The Morgan fingerprint density at radius 1 is 1.08 bits per heavy atom. The van der Waals surface area contributed by atoms with E-state index >= 15 is 0 Å². The average molecular weight is 652 g/mol. The molecule has 3 aromatic heterocycles. The molecule has 0 bridgehead atoms. The van der Waals surface area contributed by atoms with Crippen LogP contribution in [-0.4, -0.2) is 89.8 Å². The van der Waals surface area contributed by atoms with Gasteiger partial charge in [0.25, 0.3) is 0 Å². The van der Waals surface area contributed by atoms with E-state index in [1.54, 1.807) is 62.1 Å². The molecule has 0 radical (unpaired) electrons. The summed E-state index contributed by atoms with van der Waals surface area (Å²) in [6.45, 7) is 3.61. The second-order valence-corrected chi connectivity index (χ2v) is 12.2. The van der Waals surface area contributed by atoms with Gasteiger partial charge in [-0.15, -0.1) is 0 Å². The quantitative estimate of drug-likeness (QED) is 0.280. The van der Waals surface area contributed by atoms with Crippen molar-refractivity contribution in [3.05, 3.63) is 78.1 Å². The number of nitrogens with zero attached hydrogens (tertiary/aromatic N) is 5. The van der Waals surface area contributed by atoms with E-state index in [1.807, 2.05) is 28.8 Å². The van der Waals surface area contributed by atoms with Gasteiger partial charge in [0.15, 0.2) is 5.76 Å². The number of pyridine rings is 2. The molecule has 3 aliphatic rings. The molecule has 2 N–H and O–H groups in total. The van der Waals surface area contributed by atoms with Crippen LogP contribution >= 0.6 is 0 Å². The number of benzene rings is 1. The van der Waals surface area contributed by atoms with E-state index in [9.17, 15) is 14.4 Å². The second-order valence-electron chi connectivity index (χ2n) is 12.2. The SMILES string of the molecule is COCC1CN(C(=O)C2CCN(c3ccnc4c3c(C=C3Oc5ccc(NC(=O)Nc6cccnc6)cc5C3=O)cn4C)CC2)CCO1. The maximum atomic E-state index is 13.5. The number of aryl methyl sites for hydroxylation is 1. The van der Waals surface area contributed by atoms with Crippen molar-refractivity contribution in [2.45, 2.75) is 18.9 Å². The summed E-state index contributed by atoms with van der Waals surface area (Å²) in [6.07, 6.45) is 10.0. The van der Waals surface area contributed by atoms with Crippen LogP contribution in [0.1, 0.15) is 28.8 Å². The molecule has 6 heterocycles. The van der Waals surface area contributed by atoms with Gasteiger partial charge in [0.1, 0.15) is 11.4 Å². The third kappa shape index (κ3) is 6.34. The van der Waals surface area contributed by atoms with Crippen LogP contribution in [0.4, 0.5) is 21.9 Å². The summed E-state index contributed by atoms with van der Waals surface area (Å²) >= 11 is 0. The van der Waals surface area contributed by atoms with Crippen LogP contribution in [0.25, 0.3) is 17.1 Å². The third-order valence-electron chi connectivity index (χ3n) is 8.98. The van der Waals surface area contributed by atoms with Gasteiger partial charge in [-0.25, -0.2) is 9.78 Å². The normalized spacial score (nSPS) is 19.0. The van der Waals surface area contributed by atoms with Crippen molar-refractivity contribution in [1.82, 2.24) is 19.4 Å². The Morgan fingerprint density at radius 2 is 1.92 bits per heavy atom. The molecule has 2 fully saturated rings. The number of urea groups is 1. The lowest BCUT2D eigenvalue weighted by molar-refractivity contribution is -0.145. The fourth-order valence-corrected chi connectivity index (χ4v) is 6.66. The van der Waals surface area contributed by atoms with Crippen LogP contribution in [0.3, 0.4) is 0 Å². The third-order valence-corrected chi connectivity index (χ3v) is 8.98. The summed E-state index contributed by atoms with van der Waals surface area (Å²) in [5.74, 6) is 0.474. The number of carbonyl (C=O) groups is 3. The first-order chi connectivity index (χ1) is 23.4. The minimum absolute atomic E-state index is 0.0407. The standard InChI is InChI=1S/C35H37N7O6/c1-40-19-23(16-30-32(43)27-17-24(5-6-29(27)48-30)38-35(45)39-25-4-3-10-36-18-25)31-28(7-11-37-33(31)40)41-12-8-22(9-13-41)34(44)42-14-15-47-26(20-42)21-46-2/h3-7,10-11,16-19,22,26H,8-9,12-15,20-21H2,1-2H3,(H2,38,39,45). The lowest BCUT2D eigenvalue weighted by atomic mass is 9.94. The number of nitrogens with one attached hydrogen (secondary N) is 2. The number of ketones is 1. The lowest BCUT2D eigenvalue weighted by Crippen LogP contribution is -2.50. The smallest absolute Gasteiger partial charge is 0.323 e. The molecule has 0 saturated carbocycles. The summed E-state index contributed by atoms with van der Waals surface area (Å²) in [5.41, 5.74) is 3.95. The number of rotatable bonds is 7. The predicted molar refractivity (Wildman–Crippen MR) is 180 cm³/mol. The molecular weight excluding hydrogens is 614 g/mol. The Kier molecular flexibility index (Phi) is 8.78. The Hall–Kier alpha value is -5.27. The number of Topliss-reactive ketones (excluding diaryl/α,β-unsaturated/α-hetero) is 1. The molecule has 13 nitrogen and oxygen atoms in total. The number of aromatic nitrogens is 3. The van der Waals surface area contributed by atoms with Crippen molar-refractivity contribution in [3.8, 4) is 5.75 Å². The van der Waals surface area contributed by atoms with Crippen molar-refractivity contribution < 1.29 is 28.6 Å². The van der Waals surface area contributed by atoms with Crippen molar-refractivity contribution in [2.24, 2.45) is 13.0 Å². The number of hydrogen-bond acceptors (Lipinski definition) is 9. The van der Waals surface area contributed by atoms with E-state index in [2.05, 4.69) is 25.5 Å². The molecule has 2 saturated heterocycles. The molecule has 13 heteroatoms. The lowest BCUT2D eigenvalue weighted by Gasteiger charge is -2.38. The number of methoxy groups -OCH3 is 1. The molecule has 3 aliphatic heterocycles. The van der Waals surface area contributed by atoms with Crippen molar-refractivity contribution in [2.75, 3.05) is 62.0 Å². The highest BCUT2D eigenvalue weighted by molar-refractivity contribution is 6.16. The monoisotopic (exact) mass is 651 g/mol. The number of piperidine rings is 1. The maximum Gasteiger partial charge on any atom is 0.323 e. The number of carbonyl (C=O) groups excluding carboxylic acids is 3. The summed E-state index contributed by atoms with van der Waals surface area (Å²) in [4.78, 5) is 52.3. The van der Waals surface area contributed by atoms with Gasteiger partial charge >= 0.3 is 6.03 Å². The minimum Gasteiger partial charge on any atom is -0.452 e. The average Bonchev–Trinajstić information content (AvgIpc) is 3.59. The zero-order valence-electron chi connectivity index (χ0n) is 26.8. The van der Waals surface area contributed by atoms with Crippen LogP contribution in [0.15, 0.2) is 66.9 Å². The topological polar surface area (TPSA) is 140 Å². The number of amides is 3. The Labute approximate surface area is 277 Å². The Bertz CT molecular complexity index is 1880. The summed E-state index contributed by atoms with van der Waals surface area (Å²) in [6, 6.07) is 9.95. The van der Waals surface area contributed by atoms with Gasteiger partial charge < -0.3 is 39.2 Å². The maximum absolute atomic E-state index is 13.5. The molecule has 48 heavy (non-hydrogen) atoms. The van der Waals surface area contributed by atoms with Crippen LogP contribution in [-0.2, 0) is 21.3 Å². The van der Waals surface area contributed by atoms with E-state index in [4.69, 9.17) is 14.2 Å². The van der Waals surface area contributed by atoms with Gasteiger partial charge in [0.05, 0.1) is 36.8 Å². The van der Waals surface area contributed by atoms with Crippen molar-refractivity contribution in [1.29, 1.82) is 0 Å². The second kappa shape index (κ2) is 13.5. The molecule has 0 aliphatic carbocycles. The molecule has 0 spiro atoms. The van der Waals surface area contributed by atoms with Gasteiger partial charge in [0, 0.05) is 87.2 Å². The molecule has 3 amide bonds. The van der Waals surface area contributed by atoms with Gasteiger partial charge in [-0.05, 0) is 55.3 Å². The first-order valence-corrected chi connectivity index (χ1v) is 16.0. The molecule has 1 atom stereocenters. The van der Waals surface area contributed by atoms with Crippen LogP contribution in [0.5, 0.6) is 5.75 Å². The van der Waals surface area contributed by atoms with Crippen LogP contribution in [0.2, 0.25) is 0 Å². The van der Waals surface area contributed by atoms with Gasteiger partial charge in [0.2, 0.25) is 11.7 Å². The van der Waals surface area contributed by atoms with E-state index in [1.165, 1.54) is 0 Å². The summed E-state index contributed by atoms with van der Waals surface area (Å²) in [7, 11) is 3.57. The fourth-order valence-electron chi connectivity index (χ4n) is 6.66. The van der Waals surface area contributed by atoms with Crippen LogP contribution in [0, 0.1) is 5.92 Å². The number of allylic oxidation sites excluding steroid dienone is 1. The van der Waals surface area contributed by atoms with E-state index < -0.39 is 6.03 Å². The summed E-state index contributed by atoms with van der Waals surface area (Å²) in [5, 5.41) is 6.38. The van der Waals surface area contributed by atoms with Gasteiger partial charge in [-0.2, -0.15) is 0 Å². The first-order valence-electron chi connectivity index (χ1n) is 16.0. The predicted octanol–water partition coefficient (Wildman–Crippen LogP) is 4.32. The highest BCUT2D eigenvalue weighted by Crippen LogP contribution is 2.37. The number of hydrogen-bond donors (Lipinski definition) is 2. The fraction of sp³-hybridized carbons (Fsp3) is 0.343. The number of anilines is 3. The highest BCUT2D eigenvalue weighted by atomic mass is 16.5. The molecule has 4 aromatic rings. The Balaban J connectivity index is 1.06. The van der Waals surface area contributed by atoms with Crippen molar-refractivity contribution >= 4 is 51.9 Å². The number of ether oxygens (including phenoxy) is 3. The Morgan fingerprint density at radius 3 is 2.71 bits per heavy atom. The largest absolute Gasteiger partial charge is 0.452 e. The number of fused-ring (bicyclic) bond motifs is 2. The molecule has 248 valence electrons. The number of morpholine rings is 1. The molecule has 1 aromatic carbocycles.